The summed E-state index contributed by atoms with van der Waals surface area (Å²) in [5, 5.41) is 0. The van der Waals surface area contributed by atoms with E-state index in [9.17, 15) is 43.2 Å². The van der Waals surface area contributed by atoms with E-state index in [-0.39, 0.29) is 52.0 Å². The Morgan fingerprint density at radius 2 is 0.217 bits per heavy atom. The van der Waals surface area contributed by atoms with E-state index in [1.165, 1.54) is 30.5 Å². The van der Waals surface area contributed by atoms with Gasteiger partial charge in [-0.3, -0.25) is 43.2 Å². The van der Waals surface area contributed by atoms with Gasteiger partial charge >= 0.3 is 0 Å². The summed E-state index contributed by atoms with van der Waals surface area (Å²) < 4.78 is 44.5. The zero-order valence-electron chi connectivity index (χ0n) is 77.7. The Labute approximate surface area is 802 Å². The number of carbonyl (C=O) groups excluding carboxylic acids is 9. The lowest BCUT2D eigenvalue weighted by Gasteiger charge is -2.09. The SMILES string of the molecule is CC(=O)c1ccc(C(=O)c2ccc(Oc3ccc(C)cc3)cc2)cc1.CC(=O)c1ccc(C(=O)c2ccc(Oc3ccc(Oc4ccc(C)cc4)cc3)cc2)cc1.COc1ccc(C(=O)c2ccc(C)cc2)cc1.COc1ccc(C(=O)c2ccc(Oc3ccc(C(=O)c4ccc(C(=O)c5ccc(C)cc5)cc4)cc3)cc2)cc1.COc1ccc(C(=O)c2ccc(Oc3ccc(C)cc3)cc2)cc1. The van der Waals surface area contributed by atoms with Gasteiger partial charge in [0, 0.05) is 89.0 Å². The highest BCUT2D eigenvalue weighted by atomic mass is 16.5. The third kappa shape index (κ3) is 27.7. The normalized spacial score (nSPS) is 10.4. The average Bonchev–Trinajstić information content (AvgIpc) is 0.847. The van der Waals surface area contributed by atoms with Gasteiger partial charge in [0.1, 0.15) is 74.7 Å². The molecule has 17 nitrogen and oxygen atoms in total. The predicted octanol–water partition coefficient (Wildman–Crippen LogP) is 28.0. The van der Waals surface area contributed by atoms with Gasteiger partial charge in [-0.15, -0.1) is 0 Å². The van der Waals surface area contributed by atoms with Crippen molar-refractivity contribution in [1.82, 2.24) is 0 Å². The van der Waals surface area contributed by atoms with Crippen molar-refractivity contribution in [1.29, 1.82) is 0 Å². The van der Waals surface area contributed by atoms with Crippen LogP contribution < -0.4 is 37.9 Å². The number of Topliss-reactive ketones (excluding diaryl/α,β-unsaturated/α-hetero) is 2. The lowest BCUT2D eigenvalue weighted by molar-refractivity contribution is 0.100. The first kappa shape index (κ1) is 97.7. The molecule has 0 saturated heterocycles. The average molecular weight is 1820 g/mol. The number of rotatable bonds is 29. The second-order valence-corrected chi connectivity index (χ2v) is 32.1. The third-order valence-corrected chi connectivity index (χ3v) is 21.8. The van der Waals surface area contributed by atoms with Gasteiger partial charge in [0.15, 0.2) is 52.0 Å². The number of hydrogen-bond donors (Lipinski definition) is 0. The van der Waals surface area contributed by atoms with E-state index in [1.807, 2.05) is 168 Å². The van der Waals surface area contributed by atoms with Crippen molar-refractivity contribution in [2.45, 2.75) is 48.5 Å². The summed E-state index contributed by atoms with van der Waals surface area (Å²) in [6, 6.07) is 122. The Morgan fingerprint density at radius 1 is 0.130 bits per heavy atom. The van der Waals surface area contributed by atoms with Crippen LogP contribution in [0.25, 0.3) is 0 Å². The van der Waals surface area contributed by atoms with E-state index < -0.39 is 0 Å². The first-order chi connectivity index (χ1) is 66.8. The van der Waals surface area contributed by atoms with E-state index >= 15 is 0 Å². The number of aryl methyl sites for hydroxylation is 5. The lowest BCUT2D eigenvalue weighted by Crippen LogP contribution is -2.04. The number of ether oxygens (including phenoxy) is 8. The standard InChI is InChI=1S/C35H26O5.C28H22O4.C22H18O3.C21H18O3.C15H14O2/c1-23-3-5-24(6-4-23)33(36)25-7-9-26(10-8-25)34(37)28-13-19-31(20-14-28)40-32-21-15-29(16-22-32)35(38)27-11-17-30(39-2)18-12-27;1-19-3-11-24(12-4-19)31-26-15-17-27(18-16-26)32-25-13-9-23(10-14-25)28(30)22-7-5-21(6-8-22)20(2)29;1-15-3-11-20(12-4-15)25-21-13-9-19(10-14-21)22(24)18-7-5-17(6-8-18)16(2)23;1-15-3-9-19(10-4-15)24-20-13-7-17(8-14-20)21(22)16-5-11-18(23-2)12-6-16;1-11-3-5-12(6-4-11)15(16)13-7-9-14(17-2)10-8-13/h3-22H,1-2H3;3-18H,1-2H3;3-14H,1-2H3;3-14H,1-2H3;3-10H,1-2H3. The molecular formula is C121H98O17. The molecule has 17 rings (SSSR count). The molecule has 0 radical (unpaired) electrons. The van der Waals surface area contributed by atoms with E-state index in [0.29, 0.717) is 129 Å². The summed E-state index contributed by atoms with van der Waals surface area (Å²) >= 11 is 0. The summed E-state index contributed by atoms with van der Waals surface area (Å²) in [5.74, 6) is 8.44. The third-order valence-electron chi connectivity index (χ3n) is 21.8. The summed E-state index contributed by atoms with van der Waals surface area (Å²) in [6.45, 7) is 13.1. The van der Waals surface area contributed by atoms with E-state index in [4.69, 9.17) is 37.9 Å². The zero-order chi connectivity index (χ0) is 97.6. The Bertz CT molecular complexity index is 7030. The molecule has 0 bridgehead atoms. The van der Waals surface area contributed by atoms with E-state index in [1.54, 1.807) is 300 Å². The predicted molar refractivity (Wildman–Crippen MR) is 537 cm³/mol. The molecule has 0 aliphatic heterocycles. The van der Waals surface area contributed by atoms with Gasteiger partial charge < -0.3 is 37.9 Å². The van der Waals surface area contributed by atoms with Crippen LogP contribution in [0.2, 0.25) is 0 Å². The minimum Gasteiger partial charge on any atom is -0.497 e. The fraction of sp³-hybridized carbons (Fsp3) is 0.0826. The molecule has 0 unspecified atom stereocenters. The van der Waals surface area contributed by atoms with Crippen molar-refractivity contribution in [3.63, 3.8) is 0 Å². The van der Waals surface area contributed by atoms with E-state index in [2.05, 4.69) is 0 Å². The number of carbonyl (C=O) groups is 9. The topological polar surface area (TPSA) is 227 Å². The highest BCUT2D eigenvalue weighted by molar-refractivity contribution is 6.14. The molecule has 17 aromatic rings. The Kier molecular flexibility index (Phi) is 33.6. The quantitative estimate of drug-likeness (QED) is 0.0397. The van der Waals surface area contributed by atoms with Crippen LogP contribution in [0.4, 0.5) is 0 Å². The molecule has 0 atom stereocenters. The van der Waals surface area contributed by atoms with Gasteiger partial charge in [-0.2, -0.15) is 0 Å². The van der Waals surface area contributed by atoms with Crippen LogP contribution in [-0.2, 0) is 0 Å². The highest BCUT2D eigenvalue weighted by Crippen LogP contribution is 2.32. The maximum Gasteiger partial charge on any atom is 0.193 e. The van der Waals surface area contributed by atoms with Crippen LogP contribution in [0, 0.1) is 34.6 Å². The van der Waals surface area contributed by atoms with E-state index in [0.717, 1.165) is 45.6 Å². The molecule has 684 valence electrons. The first-order valence-electron chi connectivity index (χ1n) is 44.2. The summed E-state index contributed by atoms with van der Waals surface area (Å²) in [6.07, 6.45) is 0. The summed E-state index contributed by atoms with van der Waals surface area (Å²) in [4.78, 5) is 111. The monoisotopic (exact) mass is 1820 g/mol. The van der Waals surface area contributed by atoms with Gasteiger partial charge in [-0.05, 0) is 303 Å². The molecule has 0 saturated carbocycles. The van der Waals surface area contributed by atoms with Crippen molar-refractivity contribution < 1.29 is 81.0 Å². The second-order valence-electron chi connectivity index (χ2n) is 32.1. The molecule has 0 aliphatic rings. The van der Waals surface area contributed by atoms with Crippen LogP contribution in [0.5, 0.6) is 74.7 Å². The smallest absolute Gasteiger partial charge is 0.193 e. The second kappa shape index (κ2) is 47.5. The molecule has 0 N–H and O–H groups in total. The molecule has 138 heavy (non-hydrogen) atoms. The number of methoxy groups -OCH3 is 3. The maximum atomic E-state index is 13.0. The van der Waals surface area contributed by atoms with Crippen molar-refractivity contribution >= 4 is 52.0 Å². The summed E-state index contributed by atoms with van der Waals surface area (Å²) in [7, 11) is 4.79. The number of ketones is 9. The Balaban J connectivity index is 0.000000149. The van der Waals surface area contributed by atoms with Crippen LogP contribution in [0.3, 0.4) is 0 Å². The van der Waals surface area contributed by atoms with Crippen molar-refractivity contribution in [3.8, 4) is 74.7 Å². The highest BCUT2D eigenvalue weighted by Gasteiger charge is 2.19. The fourth-order valence-electron chi connectivity index (χ4n) is 13.7. The van der Waals surface area contributed by atoms with Crippen LogP contribution >= 0.6 is 0 Å². The molecule has 0 amide bonds. The minimum absolute atomic E-state index is 0.0170. The minimum atomic E-state index is -0.151. The first-order valence-corrected chi connectivity index (χ1v) is 44.2. The largest absolute Gasteiger partial charge is 0.497 e. The van der Waals surface area contributed by atoms with Gasteiger partial charge in [0.25, 0.3) is 0 Å². The van der Waals surface area contributed by atoms with Gasteiger partial charge in [0.05, 0.1) is 21.3 Å². The molecule has 17 heteroatoms. The van der Waals surface area contributed by atoms with Gasteiger partial charge in [0.2, 0.25) is 0 Å². The van der Waals surface area contributed by atoms with Gasteiger partial charge in [-0.25, -0.2) is 0 Å². The van der Waals surface area contributed by atoms with Crippen molar-refractivity contribution in [3.05, 3.63) is 529 Å². The van der Waals surface area contributed by atoms with Crippen molar-refractivity contribution in [2.75, 3.05) is 21.3 Å². The maximum absolute atomic E-state index is 13.0. The summed E-state index contributed by atoms with van der Waals surface area (Å²) in [5.41, 5.74) is 15.1. The molecule has 0 aromatic heterocycles. The molecule has 17 aromatic carbocycles. The fourth-order valence-corrected chi connectivity index (χ4v) is 13.7. The van der Waals surface area contributed by atoms with Crippen LogP contribution in [0.15, 0.2) is 413 Å². The molecule has 0 aliphatic carbocycles. The molecule has 0 fully saturated rings. The number of benzene rings is 17. The van der Waals surface area contributed by atoms with Gasteiger partial charge in [-0.1, -0.05) is 186 Å². The van der Waals surface area contributed by atoms with Crippen LogP contribution in [0.1, 0.15) is 174 Å². The lowest BCUT2D eigenvalue weighted by atomic mass is 9.98. The van der Waals surface area contributed by atoms with Crippen LogP contribution in [-0.4, -0.2) is 73.4 Å². The Hall–Kier alpha value is -17.8. The van der Waals surface area contributed by atoms with Crippen molar-refractivity contribution in [2.24, 2.45) is 0 Å². The number of hydrogen-bond acceptors (Lipinski definition) is 17. The molecule has 0 heterocycles. The molecule has 0 spiro atoms. The zero-order valence-corrected chi connectivity index (χ0v) is 77.7. The molecular weight excluding hydrogens is 1730 g/mol. The Morgan fingerprint density at radius 3 is 0.341 bits per heavy atom.